The molecule has 72 valence electrons. The van der Waals surface area contributed by atoms with E-state index in [2.05, 4.69) is 16.0 Å². The second kappa shape index (κ2) is 6.62. The zero-order chi connectivity index (χ0) is 9.36. The van der Waals surface area contributed by atoms with Crippen LogP contribution in [0.15, 0.2) is 22.1 Å². The van der Waals surface area contributed by atoms with Crippen LogP contribution in [-0.4, -0.2) is 18.6 Å². The van der Waals surface area contributed by atoms with Crippen molar-refractivity contribution >= 4 is 6.01 Å². The predicted octanol–water partition coefficient (Wildman–Crippen LogP) is 3.07. The van der Waals surface area contributed by atoms with Crippen LogP contribution in [0.2, 0.25) is 0 Å². The summed E-state index contributed by atoms with van der Waals surface area (Å²) in [4.78, 5) is 8.36. The lowest BCUT2D eigenvalue weighted by molar-refractivity contribution is 0.444. The fourth-order valence-electron chi connectivity index (χ4n) is 1.53. The molecule has 0 aromatic rings. The molecule has 0 aromatic heterocycles. The summed E-state index contributed by atoms with van der Waals surface area (Å²) in [6.45, 7) is 2.71. The number of rotatable bonds is 3. The van der Waals surface area contributed by atoms with Crippen LogP contribution in [0.5, 0.6) is 0 Å². The lowest BCUT2D eigenvalue weighted by Gasteiger charge is -2.15. The van der Waals surface area contributed by atoms with Gasteiger partial charge in [-0.05, 0) is 19.8 Å². The fraction of sp³-hybridized carbons (Fsp3) is 0.727. The predicted molar refractivity (Wildman–Crippen MR) is 56.4 cm³/mol. The van der Waals surface area contributed by atoms with Crippen LogP contribution in [0.3, 0.4) is 0 Å². The van der Waals surface area contributed by atoms with Crippen molar-refractivity contribution in [3.8, 4) is 0 Å². The van der Waals surface area contributed by atoms with E-state index in [1.54, 1.807) is 0 Å². The Labute approximate surface area is 80.5 Å². The second-order valence-electron chi connectivity index (χ2n) is 3.43. The third-order valence-electron chi connectivity index (χ3n) is 2.32. The molecule has 0 unspecified atom stereocenters. The molecule has 0 amide bonds. The molecule has 1 saturated carbocycles. The van der Waals surface area contributed by atoms with E-state index < -0.39 is 0 Å². The maximum absolute atomic E-state index is 4.30. The van der Waals surface area contributed by atoms with Crippen LogP contribution in [0.25, 0.3) is 0 Å². The maximum atomic E-state index is 4.30. The average Bonchev–Trinajstić information content (AvgIpc) is 2.19. The first-order chi connectivity index (χ1) is 6.43. The molecule has 13 heavy (non-hydrogen) atoms. The highest BCUT2D eigenvalue weighted by molar-refractivity contribution is 5.41. The van der Waals surface area contributed by atoms with E-state index in [9.17, 15) is 0 Å². The molecule has 0 radical (unpaired) electrons. The Balaban J connectivity index is 2.24. The topological polar surface area (TPSA) is 24.7 Å². The van der Waals surface area contributed by atoms with Crippen molar-refractivity contribution in [2.75, 3.05) is 6.54 Å². The van der Waals surface area contributed by atoms with Crippen LogP contribution in [0.4, 0.5) is 0 Å². The highest BCUT2D eigenvalue weighted by atomic mass is 14.8. The highest BCUT2D eigenvalue weighted by Crippen LogP contribution is 2.19. The molecule has 1 rings (SSSR count). The largest absolute Gasteiger partial charge is 0.222 e. The molecule has 0 saturated heterocycles. The zero-order valence-corrected chi connectivity index (χ0v) is 8.37. The molecule has 1 aliphatic rings. The number of aliphatic imine (C=N–C) groups is 2. The van der Waals surface area contributed by atoms with Gasteiger partial charge in [-0.1, -0.05) is 31.4 Å². The summed E-state index contributed by atoms with van der Waals surface area (Å²) in [7, 11) is 0. The maximum Gasteiger partial charge on any atom is 0.0898 e. The highest BCUT2D eigenvalue weighted by Gasteiger charge is 2.10. The molecule has 0 aromatic carbocycles. The molecular formula is C11H18N2. The van der Waals surface area contributed by atoms with Crippen LogP contribution in [0, 0.1) is 0 Å². The van der Waals surface area contributed by atoms with Gasteiger partial charge in [0, 0.05) is 0 Å². The Hall–Kier alpha value is -0.880. The van der Waals surface area contributed by atoms with Gasteiger partial charge in [-0.15, -0.1) is 0 Å². The van der Waals surface area contributed by atoms with E-state index in [4.69, 9.17) is 0 Å². The van der Waals surface area contributed by atoms with Gasteiger partial charge in [0.05, 0.1) is 18.6 Å². The molecule has 0 bridgehead atoms. The number of allylic oxidation sites excluding steroid dienone is 1. The van der Waals surface area contributed by atoms with Crippen LogP contribution in [-0.2, 0) is 0 Å². The van der Waals surface area contributed by atoms with Crippen molar-refractivity contribution in [1.82, 2.24) is 0 Å². The van der Waals surface area contributed by atoms with E-state index in [-0.39, 0.29) is 0 Å². The minimum Gasteiger partial charge on any atom is -0.222 e. The van der Waals surface area contributed by atoms with Crippen molar-refractivity contribution < 1.29 is 0 Å². The van der Waals surface area contributed by atoms with E-state index in [0.717, 1.165) is 0 Å². The third-order valence-corrected chi connectivity index (χ3v) is 2.32. The van der Waals surface area contributed by atoms with Gasteiger partial charge in [-0.3, -0.25) is 0 Å². The van der Waals surface area contributed by atoms with Crippen LogP contribution >= 0.6 is 0 Å². The Morgan fingerprint density at radius 2 is 2.08 bits per heavy atom. The summed E-state index contributed by atoms with van der Waals surface area (Å²) in [5.41, 5.74) is 0. The van der Waals surface area contributed by atoms with Gasteiger partial charge in [0.15, 0.2) is 0 Å². The van der Waals surface area contributed by atoms with Crippen LogP contribution in [0.1, 0.15) is 39.0 Å². The van der Waals surface area contributed by atoms with Crippen molar-refractivity contribution in [2.24, 2.45) is 9.98 Å². The summed E-state index contributed by atoms with van der Waals surface area (Å²) in [6.07, 6.45) is 10.5. The SMILES string of the molecule is C/C=C/CN=C=NC1CCCCC1. The Kier molecular flexibility index (Phi) is 5.19. The zero-order valence-electron chi connectivity index (χ0n) is 8.37. The lowest BCUT2D eigenvalue weighted by atomic mass is 9.96. The Bertz CT molecular complexity index is 206. The molecule has 1 fully saturated rings. The normalized spacial score (nSPS) is 18.5. The summed E-state index contributed by atoms with van der Waals surface area (Å²) < 4.78 is 0. The molecular weight excluding hydrogens is 160 g/mol. The minimum atomic E-state index is 0.503. The van der Waals surface area contributed by atoms with E-state index in [1.807, 2.05) is 19.1 Å². The van der Waals surface area contributed by atoms with Crippen LogP contribution < -0.4 is 0 Å². The van der Waals surface area contributed by atoms with Gasteiger partial charge in [-0.25, -0.2) is 9.98 Å². The first-order valence-corrected chi connectivity index (χ1v) is 5.16. The molecule has 1 aliphatic carbocycles. The molecule has 2 heteroatoms. The lowest BCUT2D eigenvalue weighted by Crippen LogP contribution is -2.08. The van der Waals surface area contributed by atoms with Gasteiger partial charge in [-0.2, -0.15) is 0 Å². The van der Waals surface area contributed by atoms with Crippen molar-refractivity contribution in [3.05, 3.63) is 12.2 Å². The molecule has 2 nitrogen and oxygen atoms in total. The molecule has 0 heterocycles. The molecule has 0 spiro atoms. The van der Waals surface area contributed by atoms with Gasteiger partial charge < -0.3 is 0 Å². The summed E-state index contributed by atoms with van der Waals surface area (Å²) >= 11 is 0. The monoisotopic (exact) mass is 178 g/mol. The first kappa shape index (κ1) is 10.2. The van der Waals surface area contributed by atoms with Gasteiger partial charge >= 0.3 is 0 Å². The van der Waals surface area contributed by atoms with Gasteiger partial charge in [0.2, 0.25) is 0 Å². The van der Waals surface area contributed by atoms with E-state index in [1.165, 1.54) is 32.1 Å². The minimum absolute atomic E-state index is 0.503. The molecule has 0 aliphatic heterocycles. The summed E-state index contributed by atoms with van der Waals surface area (Å²) in [5.74, 6) is 0. The molecule has 0 atom stereocenters. The van der Waals surface area contributed by atoms with Crippen molar-refractivity contribution in [3.63, 3.8) is 0 Å². The second-order valence-corrected chi connectivity index (χ2v) is 3.43. The quantitative estimate of drug-likeness (QED) is 0.468. The smallest absolute Gasteiger partial charge is 0.0898 e. The van der Waals surface area contributed by atoms with Crippen molar-refractivity contribution in [1.29, 1.82) is 0 Å². The standard InChI is InChI=1S/C11H18N2/c1-2-3-9-12-10-13-11-7-5-4-6-8-11/h2-3,11H,4-9H2,1H3/b3-2+. The van der Waals surface area contributed by atoms with Crippen molar-refractivity contribution in [2.45, 2.75) is 45.1 Å². The van der Waals surface area contributed by atoms with E-state index in [0.29, 0.717) is 12.6 Å². The van der Waals surface area contributed by atoms with Gasteiger partial charge in [0.1, 0.15) is 0 Å². The number of hydrogen-bond acceptors (Lipinski definition) is 2. The number of hydrogen-bond donors (Lipinski definition) is 0. The average molecular weight is 178 g/mol. The fourth-order valence-corrected chi connectivity index (χ4v) is 1.53. The van der Waals surface area contributed by atoms with Gasteiger partial charge in [0.25, 0.3) is 0 Å². The number of nitrogens with zero attached hydrogens (tertiary/aromatic N) is 2. The first-order valence-electron chi connectivity index (χ1n) is 5.16. The summed E-state index contributed by atoms with van der Waals surface area (Å²) in [5, 5.41) is 0. The molecule has 0 N–H and O–H groups in total. The summed E-state index contributed by atoms with van der Waals surface area (Å²) in [6, 6.07) is 3.29. The Morgan fingerprint density at radius 3 is 2.77 bits per heavy atom. The Morgan fingerprint density at radius 1 is 1.31 bits per heavy atom. The third kappa shape index (κ3) is 4.64. The van der Waals surface area contributed by atoms with E-state index >= 15 is 0 Å².